The predicted molar refractivity (Wildman–Crippen MR) is 79.6 cm³/mol. The third kappa shape index (κ3) is 3.32. The summed E-state index contributed by atoms with van der Waals surface area (Å²) in [5.74, 6) is -0.281. The lowest BCUT2D eigenvalue weighted by Crippen LogP contribution is -2.06. The molecule has 0 amide bonds. The lowest BCUT2D eigenvalue weighted by atomic mass is 9.95. The second kappa shape index (κ2) is 6.47. The maximum atomic E-state index is 12.9. The molecule has 0 aromatic heterocycles. The van der Waals surface area contributed by atoms with Crippen molar-refractivity contribution in [3.05, 3.63) is 70.5 Å². The quantitative estimate of drug-likeness (QED) is 0.737. The predicted octanol–water partition coefficient (Wildman–Crippen LogP) is 4.38. The number of rotatable bonds is 5. The van der Waals surface area contributed by atoms with E-state index in [2.05, 4.69) is 32.0 Å². The Morgan fingerprint density at radius 3 is 2.25 bits per heavy atom. The van der Waals surface area contributed by atoms with Gasteiger partial charge in [0.25, 0.3) is 0 Å². The van der Waals surface area contributed by atoms with Crippen molar-refractivity contribution in [2.75, 3.05) is 0 Å². The zero-order chi connectivity index (χ0) is 14.5. The molecule has 2 heteroatoms. The number of carbonyl (C=O) groups excluding carboxylic acids is 1. The number of aryl methyl sites for hydroxylation is 2. The maximum Gasteiger partial charge on any atom is 0.167 e. The van der Waals surface area contributed by atoms with Crippen LogP contribution >= 0.6 is 0 Å². The van der Waals surface area contributed by atoms with E-state index in [0.717, 1.165) is 18.4 Å². The van der Waals surface area contributed by atoms with E-state index >= 15 is 0 Å². The molecule has 0 aliphatic rings. The Morgan fingerprint density at radius 1 is 0.950 bits per heavy atom. The molecule has 0 saturated heterocycles. The van der Waals surface area contributed by atoms with Gasteiger partial charge in [-0.15, -0.1) is 0 Å². The van der Waals surface area contributed by atoms with Crippen molar-refractivity contribution >= 4 is 5.78 Å². The number of Topliss-reactive ketones (excluding diaryl/α,β-unsaturated/α-hetero) is 1. The van der Waals surface area contributed by atoms with Gasteiger partial charge in [-0.3, -0.25) is 4.79 Å². The van der Waals surface area contributed by atoms with Gasteiger partial charge in [-0.25, -0.2) is 4.39 Å². The number of carbonyl (C=O) groups is 1. The van der Waals surface area contributed by atoms with E-state index in [-0.39, 0.29) is 11.6 Å². The molecular weight excluding hydrogens is 251 g/mol. The first-order valence-electron chi connectivity index (χ1n) is 7.03. The van der Waals surface area contributed by atoms with E-state index < -0.39 is 0 Å². The SMILES string of the molecule is CCc1ccc(CC)c(CC(=O)c2ccc(F)cc2)c1. The summed E-state index contributed by atoms with van der Waals surface area (Å²) < 4.78 is 12.9. The third-order valence-electron chi connectivity index (χ3n) is 3.58. The first-order valence-corrected chi connectivity index (χ1v) is 7.03. The zero-order valence-corrected chi connectivity index (χ0v) is 11.9. The highest BCUT2D eigenvalue weighted by atomic mass is 19.1. The third-order valence-corrected chi connectivity index (χ3v) is 3.58. The van der Waals surface area contributed by atoms with Gasteiger partial charge in [0.1, 0.15) is 5.82 Å². The van der Waals surface area contributed by atoms with Gasteiger partial charge in [0.05, 0.1) is 0 Å². The van der Waals surface area contributed by atoms with Crippen LogP contribution in [0.2, 0.25) is 0 Å². The lowest BCUT2D eigenvalue weighted by Gasteiger charge is -2.09. The van der Waals surface area contributed by atoms with E-state index in [4.69, 9.17) is 0 Å². The van der Waals surface area contributed by atoms with Crippen LogP contribution < -0.4 is 0 Å². The minimum Gasteiger partial charge on any atom is -0.294 e. The topological polar surface area (TPSA) is 17.1 Å². The Balaban J connectivity index is 2.24. The largest absolute Gasteiger partial charge is 0.294 e. The molecule has 0 aliphatic heterocycles. The van der Waals surface area contributed by atoms with Crippen molar-refractivity contribution in [1.29, 1.82) is 0 Å². The second-order valence-electron chi connectivity index (χ2n) is 4.92. The van der Waals surface area contributed by atoms with E-state index in [9.17, 15) is 9.18 Å². The molecule has 0 fully saturated rings. The minimum absolute atomic E-state index is 0.0351. The van der Waals surface area contributed by atoms with E-state index in [0.29, 0.717) is 12.0 Å². The first-order chi connectivity index (χ1) is 9.63. The Kier molecular flexibility index (Phi) is 4.67. The molecule has 20 heavy (non-hydrogen) atoms. The Labute approximate surface area is 119 Å². The summed E-state index contributed by atoms with van der Waals surface area (Å²) >= 11 is 0. The Morgan fingerprint density at radius 2 is 1.65 bits per heavy atom. The zero-order valence-electron chi connectivity index (χ0n) is 11.9. The Hall–Kier alpha value is -1.96. The molecule has 2 rings (SSSR count). The van der Waals surface area contributed by atoms with Crippen LogP contribution in [0.1, 0.15) is 40.9 Å². The standard InChI is InChI=1S/C18H19FO/c1-3-13-5-6-14(4-2)16(11-13)12-18(20)15-7-9-17(19)10-8-15/h5-11H,3-4,12H2,1-2H3. The monoisotopic (exact) mass is 270 g/mol. The molecule has 0 N–H and O–H groups in total. The summed E-state index contributed by atoms with van der Waals surface area (Å²) in [6.45, 7) is 4.19. The molecule has 1 nitrogen and oxygen atoms in total. The van der Waals surface area contributed by atoms with Gasteiger partial charge in [0.15, 0.2) is 5.78 Å². The van der Waals surface area contributed by atoms with Gasteiger partial charge in [0.2, 0.25) is 0 Å². The van der Waals surface area contributed by atoms with Crippen LogP contribution in [-0.2, 0) is 19.3 Å². The highest BCUT2D eigenvalue weighted by Gasteiger charge is 2.10. The van der Waals surface area contributed by atoms with Crippen molar-refractivity contribution in [3.8, 4) is 0 Å². The molecule has 0 spiro atoms. The minimum atomic E-state index is -0.316. The number of ketones is 1. The molecule has 104 valence electrons. The molecule has 0 bridgehead atoms. The fourth-order valence-electron chi connectivity index (χ4n) is 2.32. The van der Waals surface area contributed by atoms with Crippen LogP contribution in [0.3, 0.4) is 0 Å². The van der Waals surface area contributed by atoms with Crippen LogP contribution in [0.25, 0.3) is 0 Å². The molecule has 2 aromatic rings. The second-order valence-corrected chi connectivity index (χ2v) is 4.92. The Bertz CT molecular complexity index is 599. The van der Waals surface area contributed by atoms with Crippen molar-refractivity contribution < 1.29 is 9.18 Å². The number of hydrogen-bond donors (Lipinski definition) is 0. The summed E-state index contributed by atoms with van der Waals surface area (Å²) in [6.07, 6.45) is 2.25. The number of hydrogen-bond acceptors (Lipinski definition) is 1. The van der Waals surface area contributed by atoms with Gasteiger partial charge in [0, 0.05) is 12.0 Å². The van der Waals surface area contributed by atoms with Crippen molar-refractivity contribution in [1.82, 2.24) is 0 Å². The van der Waals surface area contributed by atoms with Gasteiger partial charge in [-0.1, -0.05) is 32.0 Å². The summed E-state index contributed by atoms with van der Waals surface area (Å²) in [6, 6.07) is 12.1. The van der Waals surface area contributed by atoms with E-state index in [1.165, 1.54) is 23.3 Å². The summed E-state index contributed by atoms with van der Waals surface area (Å²) in [5, 5.41) is 0. The summed E-state index contributed by atoms with van der Waals surface area (Å²) in [7, 11) is 0. The average molecular weight is 270 g/mol. The molecular formula is C18H19FO. The maximum absolute atomic E-state index is 12.9. The molecule has 0 unspecified atom stereocenters. The first kappa shape index (κ1) is 14.4. The van der Waals surface area contributed by atoms with Crippen molar-refractivity contribution in [2.24, 2.45) is 0 Å². The van der Waals surface area contributed by atoms with Crippen LogP contribution in [-0.4, -0.2) is 5.78 Å². The molecule has 0 aliphatic carbocycles. The van der Waals surface area contributed by atoms with Gasteiger partial charge < -0.3 is 0 Å². The van der Waals surface area contributed by atoms with E-state index in [1.807, 2.05) is 0 Å². The van der Waals surface area contributed by atoms with Gasteiger partial charge in [-0.05, 0) is 53.8 Å². The van der Waals surface area contributed by atoms with Crippen LogP contribution in [0, 0.1) is 5.82 Å². The van der Waals surface area contributed by atoms with Crippen LogP contribution in [0.15, 0.2) is 42.5 Å². The lowest BCUT2D eigenvalue weighted by molar-refractivity contribution is 0.0992. The molecule has 2 aromatic carbocycles. The van der Waals surface area contributed by atoms with Crippen LogP contribution in [0.4, 0.5) is 4.39 Å². The average Bonchev–Trinajstić information content (AvgIpc) is 2.47. The number of halogens is 1. The van der Waals surface area contributed by atoms with Gasteiger partial charge in [-0.2, -0.15) is 0 Å². The van der Waals surface area contributed by atoms with Crippen molar-refractivity contribution in [3.63, 3.8) is 0 Å². The van der Waals surface area contributed by atoms with Crippen LogP contribution in [0.5, 0.6) is 0 Å². The fraction of sp³-hybridized carbons (Fsp3) is 0.278. The highest BCUT2D eigenvalue weighted by Crippen LogP contribution is 2.16. The molecule has 0 saturated carbocycles. The van der Waals surface area contributed by atoms with Gasteiger partial charge >= 0.3 is 0 Å². The highest BCUT2D eigenvalue weighted by molar-refractivity contribution is 5.97. The fourth-order valence-corrected chi connectivity index (χ4v) is 2.32. The molecule has 0 radical (unpaired) electrons. The summed E-state index contributed by atoms with van der Waals surface area (Å²) in [5.41, 5.74) is 4.10. The smallest absolute Gasteiger partial charge is 0.167 e. The van der Waals surface area contributed by atoms with Crippen molar-refractivity contribution in [2.45, 2.75) is 33.1 Å². The molecule has 0 heterocycles. The van der Waals surface area contributed by atoms with E-state index in [1.54, 1.807) is 12.1 Å². The normalized spacial score (nSPS) is 10.6. The summed E-state index contributed by atoms with van der Waals surface area (Å²) in [4.78, 5) is 12.3. The number of benzene rings is 2. The molecule has 0 atom stereocenters.